The Kier molecular flexibility index (Phi) is 6.69. The van der Waals surface area contributed by atoms with Gasteiger partial charge in [-0.05, 0) is 25.8 Å². The van der Waals surface area contributed by atoms with Gasteiger partial charge in [0.15, 0.2) is 6.10 Å². The summed E-state index contributed by atoms with van der Waals surface area (Å²) in [6, 6.07) is 1.20. The van der Waals surface area contributed by atoms with Gasteiger partial charge in [-0.15, -0.1) is 11.3 Å². The molecule has 1 unspecified atom stereocenters. The molecular weight excluding hydrogens is 495 g/mol. The molecule has 12 heteroatoms. The second-order valence-electron chi connectivity index (χ2n) is 9.27. The van der Waals surface area contributed by atoms with E-state index < -0.39 is 29.1 Å². The average molecular weight is 522 g/mol. The smallest absolute Gasteiger partial charge is 0.379 e. The molecule has 4 aromatic rings. The molecule has 36 heavy (non-hydrogen) atoms. The number of aliphatic hydroxyl groups is 1. The van der Waals surface area contributed by atoms with Gasteiger partial charge in [-0.3, -0.25) is 24.0 Å². The van der Waals surface area contributed by atoms with E-state index >= 15 is 0 Å². The number of hydrogen-bond acceptors (Lipinski definition) is 6. The molecule has 0 spiro atoms. The molecule has 0 radical (unpaired) electrons. The van der Waals surface area contributed by atoms with Crippen molar-refractivity contribution in [3.8, 4) is 11.1 Å². The van der Waals surface area contributed by atoms with Crippen molar-refractivity contribution in [1.82, 2.24) is 24.3 Å². The molecular formula is C24H26F3N5O3S. The number of halogens is 3. The number of aliphatic hydroxyl groups excluding tert-OH is 1. The Hall–Kier alpha value is -3.25. The maximum atomic E-state index is 13.4. The van der Waals surface area contributed by atoms with Gasteiger partial charge in [-0.1, -0.05) is 13.8 Å². The summed E-state index contributed by atoms with van der Waals surface area (Å²) < 4.78 is 42.3. The maximum absolute atomic E-state index is 13.4. The fraction of sp³-hybridized carbons (Fsp3) is 0.417. The zero-order valence-electron chi connectivity index (χ0n) is 20.4. The lowest BCUT2D eigenvalue weighted by molar-refractivity contribution is -0.206. The van der Waals surface area contributed by atoms with Crippen molar-refractivity contribution in [2.45, 2.75) is 52.9 Å². The Morgan fingerprint density at radius 3 is 2.47 bits per heavy atom. The van der Waals surface area contributed by atoms with Crippen LogP contribution in [0.15, 0.2) is 28.0 Å². The van der Waals surface area contributed by atoms with Crippen LogP contribution in [0.2, 0.25) is 0 Å². The van der Waals surface area contributed by atoms with E-state index in [-0.39, 0.29) is 16.9 Å². The number of nitrogens with zero attached hydrogens (tertiary/aromatic N) is 4. The molecule has 0 aliphatic heterocycles. The van der Waals surface area contributed by atoms with E-state index in [9.17, 15) is 27.9 Å². The van der Waals surface area contributed by atoms with Gasteiger partial charge in [0, 0.05) is 65.2 Å². The van der Waals surface area contributed by atoms with E-state index in [0.29, 0.717) is 28.2 Å². The van der Waals surface area contributed by atoms with Gasteiger partial charge in [-0.2, -0.15) is 18.3 Å². The van der Waals surface area contributed by atoms with E-state index in [1.54, 1.807) is 0 Å². The normalized spacial score (nSPS) is 13.2. The quantitative estimate of drug-likeness (QED) is 0.399. The first-order valence-corrected chi connectivity index (χ1v) is 12.1. The zero-order valence-corrected chi connectivity index (χ0v) is 21.2. The highest BCUT2D eigenvalue weighted by atomic mass is 32.1. The fourth-order valence-electron chi connectivity index (χ4n) is 4.26. The first kappa shape index (κ1) is 25.8. The second-order valence-corrected chi connectivity index (χ2v) is 10.4. The molecule has 2 N–H and O–H groups in total. The standard InChI is InChI=1S/C24H26F3N5O3S/c1-11(2)10-32-22-19(21(34)31(5)23(32)35)18(17(36-22)7-16-12(3)29-30-13(16)4)14-6-15(9-28-8-14)20(33)24(25,26)27/h6,8-9,11,20,33H,7,10H2,1-5H3,(H,29,30). The highest BCUT2D eigenvalue weighted by molar-refractivity contribution is 7.19. The number of rotatable bonds is 6. The minimum Gasteiger partial charge on any atom is -0.379 e. The predicted octanol–water partition coefficient (Wildman–Crippen LogP) is 4.01. The molecule has 0 aliphatic rings. The van der Waals surface area contributed by atoms with Crippen LogP contribution in [0.1, 0.15) is 47.3 Å². The Morgan fingerprint density at radius 2 is 1.89 bits per heavy atom. The van der Waals surface area contributed by atoms with Gasteiger partial charge in [0.25, 0.3) is 5.56 Å². The third kappa shape index (κ3) is 4.50. The van der Waals surface area contributed by atoms with Crippen molar-refractivity contribution in [3.63, 3.8) is 0 Å². The molecule has 0 fully saturated rings. The van der Waals surface area contributed by atoms with Gasteiger partial charge >= 0.3 is 11.9 Å². The lowest BCUT2D eigenvalue weighted by Gasteiger charge is -2.15. The SMILES string of the molecule is Cc1n[nH]c(C)c1Cc1sc2c(c1-c1cncc(C(O)C(F)(F)F)c1)c(=O)n(C)c(=O)n2CC(C)C. The van der Waals surface area contributed by atoms with Crippen LogP contribution in [0, 0.1) is 19.8 Å². The van der Waals surface area contributed by atoms with E-state index in [1.165, 1.54) is 35.2 Å². The van der Waals surface area contributed by atoms with Gasteiger partial charge in [0.05, 0.1) is 11.1 Å². The van der Waals surface area contributed by atoms with E-state index in [0.717, 1.165) is 27.7 Å². The summed E-state index contributed by atoms with van der Waals surface area (Å²) in [7, 11) is 1.38. The summed E-state index contributed by atoms with van der Waals surface area (Å²) in [5, 5.41) is 17.2. The number of H-pyrrole nitrogens is 1. The summed E-state index contributed by atoms with van der Waals surface area (Å²) >= 11 is 1.26. The highest BCUT2D eigenvalue weighted by Crippen LogP contribution is 2.40. The number of hydrogen-bond donors (Lipinski definition) is 2. The Labute approximate surface area is 208 Å². The molecule has 1 atom stereocenters. The lowest BCUT2D eigenvalue weighted by Crippen LogP contribution is -2.38. The highest BCUT2D eigenvalue weighted by Gasteiger charge is 2.39. The molecule has 4 heterocycles. The Bertz CT molecular complexity index is 1540. The molecule has 0 amide bonds. The number of aromatic amines is 1. The molecule has 8 nitrogen and oxygen atoms in total. The van der Waals surface area contributed by atoms with Crippen molar-refractivity contribution < 1.29 is 18.3 Å². The number of aromatic nitrogens is 5. The summed E-state index contributed by atoms with van der Waals surface area (Å²) in [5.41, 5.74) is 1.67. The number of fused-ring (bicyclic) bond motifs is 1. The fourth-order valence-corrected chi connectivity index (χ4v) is 5.59. The molecule has 4 rings (SSSR count). The number of pyridine rings is 1. The van der Waals surface area contributed by atoms with Crippen LogP contribution in [-0.4, -0.2) is 35.6 Å². The van der Waals surface area contributed by atoms with E-state index in [2.05, 4.69) is 15.2 Å². The number of alkyl halides is 3. The van der Waals surface area contributed by atoms with Crippen molar-refractivity contribution in [1.29, 1.82) is 0 Å². The lowest BCUT2D eigenvalue weighted by atomic mass is 9.98. The van der Waals surface area contributed by atoms with Crippen molar-refractivity contribution in [2.75, 3.05) is 0 Å². The Morgan fingerprint density at radius 1 is 1.19 bits per heavy atom. The third-order valence-corrected chi connectivity index (χ3v) is 7.30. The molecule has 4 aromatic heterocycles. The third-order valence-electron chi connectivity index (χ3n) is 6.08. The number of nitrogens with one attached hydrogen (secondary N) is 1. The molecule has 0 bridgehead atoms. The molecule has 0 aromatic carbocycles. The van der Waals surface area contributed by atoms with Gasteiger partial charge in [0.1, 0.15) is 4.83 Å². The van der Waals surface area contributed by atoms with Gasteiger partial charge < -0.3 is 5.11 Å². The van der Waals surface area contributed by atoms with Crippen LogP contribution in [-0.2, 0) is 20.0 Å². The zero-order chi connectivity index (χ0) is 26.5. The van der Waals surface area contributed by atoms with E-state index in [4.69, 9.17) is 0 Å². The number of thiophene rings is 1. The average Bonchev–Trinajstić information content (AvgIpc) is 3.34. The van der Waals surface area contributed by atoms with Crippen LogP contribution in [0.5, 0.6) is 0 Å². The minimum atomic E-state index is -4.88. The molecule has 0 saturated carbocycles. The first-order valence-electron chi connectivity index (χ1n) is 11.3. The second kappa shape index (κ2) is 9.32. The topological polar surface area (TPSA) is 106 Å². The van der Waals surface area contributed by atoms with Crippen LogP contribution in [0.25, 0.3) is 21.3 Å². The monoisotopic (exact) mass is 521 g/mol. The van der Waals surface area contributed by atoms with Crippen molar-refractivity contribution >= 4 is 21.6 Å². The minimum absolute atomic E-state index is 0.0997. The number of aryl methyl sites for hydroxylation is 2. The summed E-state index contributed by atoms with van der Waals surface area (Å²) in [4.78, 5) is 31.5. The van der Waals surface area contributed by atoms with Gasteiger partial charge in [0.2, 0.25) is 0 Å². The van der Waals surface area contributed by atoms with Crippen LogP contribution >= 0.6 is 11.3 Å². The summed E-state index contributed by atoms with van der Waals surface area (Å²) in [5.74, 6) is 0.0997. The van der Waals surface area contributed by atoms with Crippen LogP contribution in [0.3, 0.4) is 0 Å². The largest absolute Gasteiger partial charge is 0.418 e. The van der Waals surface area contributed by atoms with Crippen molar-refractivity contribution in [3.05, 3.63) is 66.7 Å². The first-order chi connectivity index (χ1) is 16.8. The predicted molar refractivity (Wildman–Crippen MR) is 131 cm³/mol. The molecule has 192 valence electrons. The van der Waals surface area contributed by atoms with E-state index in [1.807, 2.05) is 27.7 Å². The van der Waals surface area contributed by atoms with Crippen LogP contribution < -0.4 is 11.2 Å². The Balaban J connectivity index is 2.07. The molecule has 0 saturated heterocycles. The van der Waals surface area contributed by atoms with Crippen LogP contribution in [0.4, 0.5) is 13.2 Å². The molecule has 0 aliphatic carbocycles. The maximum Gasteiger partial charge on any atom is 0.418 e. The summed E-state index contributed by atoms with van der Waals surface area (Å²) in [6.07, 6.45) is -4.94. The van der Waals surface area contributed by atoms with Gasteiger partial charge in [-0.25, -0.2) is 4.79 Å². The van der Waals surface area contributed by atoms with Crippen molar-refractivity contribution in [2.24, 2.45) is 13.0 Å². The summed E-state index contributed by atoms with van der Waals surface area (Å²) in [6.45, 7) is 7.95.